The minimum atomic E-state index is -4.58. The number of nitrogens with one attached hydrogen (secondary N) is 2. The molecule has 2 heterocycles. The molecule has 4 aromatic rings. The Morgan fingerprint density at radius 3 is 2.15 bits per heavy atom. The number of nitrogen functional groups attached to an aromatic ring is 1. The van der Waals surface area contributed by atoms with Crippen molar-refractivity contribution >= 4 is 45.4 Å². The molecule has 4 bridgehead atoms. The number of aromatic nitrogens is 2. The number of hydrogen-bond donors (Lipinski definition) is 10. The highest BCUT2D eigenvalue weighted by molar-refractivity contribution is 7.87. The summed E-state index contributed by atoms with van der Waals surface area (Å²) in [5, 5.41) is 50.4. The van der Waals surface area contributed by atoms with Gasteiger partial charge in [-0.1, -0.05) is 32.9 Å². The number of anilines is 1. The van der Waals surface area contributed by atoms with Gasteiger partial charge in [-0.25, -0.2) is 37.8 Å². The number of fused-ring (bicyclic) bond motifs is 5. The SMILES string of the molecule is Cc1nc(-c2ccc(C(F)(F)C(C)C)cc2F)nc(N)c1C(=O)C[C@@H](CNS(N)(=O)=O)C(=O)N(C)[C@@H]1C(=O)C[C@@H](C)C(=O)N[C@H](C(=O)O)Cc2ccc(OC[C@H](O)CN)c(c2)-c2cc1cc(OC[C@H](O)CN)c2O. The van der Waals surface area contributed by atoms with E-state index in [4.69, 9.17) is 31.8 Å². The van der Waals surface area contributed by atoms with Gasteiger partial charge >= 0.3 is 5.97 Å². The van der Waals surface area contributed by atoms with Crippen molar-refractivity contribution < 1.29 is 75.5 Å². The molecule has 0 saturated heterocycles. The van der Waals surface area contributed by atoms with Gasteiger partial charge < -0.3 is 57.3 Å². The standard InChI is InChI=1S/C48H60F3N9O13S/c1-22(2)48(50,51)28-7-8-31(34(49)16-28)44-57-24(4)40(43(54)59-44)36(63)14-27(19-56-74(55,70)71)46(67)60(5)41-26-13-33(42(65)39(15-26)73-21-30(62)18-53)32-11-25(6-9-38(32)72-20-29(61)17-52)12-35(47(68)69)58-45(66)23(3)10-37(41)64/h6-9,11,13,15-16,22-23,27,29-30,35,41,56,61-62,65H,10,12,14,17-21,52-53H2,1-5H3,(H,58,66)(H,68,69)(H2,54,57,59)(H2,55,70,71)/t23-,27+,29-,30-,35+,41+/m1/s1. The van der Waals surface area contributed by atoms with Crippen LogP contribution in [0, 0.1) is 30.5 Å². The summed E-state index contributed by atoms with van der Waals surface area (Å²) in [6.45, 7) is 2.89. The van der Waals surface area contributed by atoms with Crippen molar-refractivity contribution in [3.8, 4) is 39.8 Å². The second kappa shape index (κ2) is 24.0. The van der Waals surface area contributed by atoms with Crippen molar-refractivity contribution in [1.82, 2.24) is 24.9 Å². The fourth-order valence-electron chi connectivity index (χ4n) is 8.03. The van der Waals surface area contributed by atoms with E-state index in [1.54, 1.807) is 0 Å². The monoisotopic (exact) mass is 1060 g/mol. The lowest BCUT2D eigenvalue weighted by molar-refractivity contribution is -0.143. The van der Waals surface area contributed by atoms with Gasteiger partial charge in [-0.2, -0.15) is 8.42 Å². The number of aliphatic carboxylic acids is 1. The Hall–Kier alpha value is -6.81. The van der Waals surface area contributed by atoms with E-state index in [0.717, 1.165) is 30.1 Å². The average molecular weight is 1060 g/mol. The first kappa shape index (κ1) is 58.1. The second-order valence-electron chi connectivity index (χ2n) is 18.3. The maximum atomic E-state index is 15.4. The lowest BCUT2D eigenvalue weighted by Crippen LogP contribution is -2.46. The number of aryl methyl sites for hydroxylation is 1. The molecule has 0 saturated carbocycles. The van der Waals surface area contributed by atoms with Gasteiger partial charge in [-0.15, -0.1) is 0 Å². The van der Waals surface area contributed by atoms with E-state index in [2.05, 4.69) is 15.3 Å². The molecule has 0 radical (unpaired) electrons. The molecule has 6 atom stereocenters. The lowest BCUT2D eigenvalue weighted by Gasteiger charge is -2.32. The predicted octanol–water partition coefficient (Wildman–Crippen LogP) is 1.59. The number of nitrogens with two attached hydrogens (primary N) is 4. The Morgan fingerprint density at radius 2 is 1.58 bits per heavy atom. The zero-order valence-corrected chi connectivity index (χ0v) is 41.8. The Labute approximate surface area is 423 Å². The molecule has 22 nitrogen and oxygen atoms in total. The molecule has 5 rings (SSSR count). The number of aliphatic hydroxyl groups excluding tert-OH is 2. The van der Waals surface area contributed by atoms with E-state index in [9.17, 15) is 61.6 Å². The van der Waals surface area contributed by atoms with E-state index < -0.39 is 136 Å². The highest BCUT2D eigenvalue weighted by Gasteiger charge is 2.39. The smallest absolute Gasteiger partial charge is 0.326 e. The van der Waals surface area contributed by atoms with Crippen LogP contribution in [0.5, 0.6) is 17.2 Å². The number of ether oxygens (including phenoxy) is 2. The van der Waals surface area contributed by atoms with Crippen LogP contribution in [0.1, 0.15) is 72.4 Å². The number of phenols is 1. The number of benzene rings is 3. The zero-order valence-electron chi connectivity index (χ0n) is 41.0. The number of phenolic OH excluding ortho intramolecular Hbond substituents is 1. The van der Waals surface area contributed by atoms with E-state index in [-0.39, 0.29) is 82.5 Å². The number of aromatic hydroxyl groups is 1. The highest BCUT2D eigenvalue weighted by atomic mass is 32.2. The molecule has 1 aromatic heterocycles. The number of carbonyl (C=O) groups excluding carboxylic acids is 4. The molecule has 26 heteroatoms. The molecular weight excluding hydrogens is 1000 g/mol. The van der Waals surface area contributed by atoms with E-state index in [0.29, 0.717) is 6.07 Å². The first-order chi connectivity index (χ1) is 34.6. The molecule has 2 amide bonds. The summed E-state index contributed by atoms with van der Waals surface area (Å²) in [5.74, 6) is -15.8. The second-order valence-corrected chi connectivity index (χ2v) is 19.6. The molecule has 0 spiro atoms. The number of likely N-dealkylation sites (N-methyl/N-ethyl adjacent to an activating group) is 1. The molecule has 402 valence electrons. The lowest BCUT2D eigenvalue weighted by atomic mass is 9.88. The molecule has 1 aliphatic heterocycles. The quantitative estimate of drug-likeness (QED) is 0.0562. The number of amides is 2. The zero-order chi connectivity index (χ0) is 55.1. The highest BCUT2D eigenvalue weighted by Crippen LogP contribution is 2.45. The van der Waals surface area contributed by atoms with Crippen LogP contribution in [-0.2, 0) is 41.7 Å². The van der Waals surface area contributed by atoms with Gasteiger partial charge in [0.1, 0.15) is 54.9 Å². The third-order valence-electron chi connectivity index (χ3n) is 12.2. The topological polar surface area (TPSA) is 376 Å². The third-order valence-corrected chi connectivity index (χ3v) is 12.8. The molecule has 74 heavy (non-hydrogen) atoms. The number of Topliss-reactive ketones (excluding diaryl/α,β-unsaturated/α-hetero) is 2. The summed E-state index contributed by atoms with van der Waals surface area (Å²) in [6, 6.07) is 6.01. The van der Waals surface area contributed by atoms with Crippen LogP contribution >= 0.6 is 0 Å². The predicted molar refractivity (Wildman–Crippen MR) is 261 cm³/mol. The van der Waals surface area contributed by atoms with Crippen LogP contribution in [0.2, 0.25) is 0 Å². The van der Waals surface area contributed by atoms with Crippen molar-refractivity contribution in [2.24, 2.45) is 34.4 Å². The molecule has 0 aliphatic carbocycles. The van der Waals surface area contributed by atoms with Gasteiger partial charge in [0, 0.05) is 74.5 Å². The Balaban J connectivity index is 1.66. The summed E-state index contributed by atoms with van der Waals surface area (Å²) in [4.78, 5) is 79.2. The number of aliphatic hydroxyl groups is 2. The van der Waals surface area contributed by atoms with Gasteiger partial charge in [-0.3, -0.25) is 19.2 Å². The van der Waals surface area contributed by atoms with Crippen LogP contribution in [0.15, 0.2) is 48.5 Å². The van der Waals surface area contributed by atoms with E-state index in [1.165, 1.54) is 52.0 Å². The maximum Gasteiger partial charge on any atom is 0.326 e. The summed E-state index contributed by atoms with van der Waals surface area (Å²) in [7, 11) is -3.46. The van der Waals surface area contributed by atoms with Gasteiger partial charge in [0.2, 0.25) is 11.8 Å². The number of carboxylic acid groups (broad SMARTS) is 1. The number of alkyl halides is 2. The first-order valence-corrected chi connectivity index (χ1v) is 24.6. The van der Waals surface area contributed by atoms with Crippen LogP contribution in [-0.4, -0.2) is 131 Å². The van der Waals surface area contributed by atoms with Crippen molar-refractivity contribution in [2.75, 3.05) is 45.6 Å². The van der Waals surface area contributed by atoms with Gasteiger partial charge in [0.15, 0.2) is 28.9 Å². The maximum absolute atomic E-state index is 15.4. The molecule has 0 fully saturated rings. The van der Waals surface area contributed by atoms with E-state index >= 15 is 4.39 Å². The summed E-state index contributed by atoms with van der Waals surface area (Å²) in [5.41, 5.74) is 16.0. The summed E-state index contributed by atoms with van der Waals surface area (Å²) < 4.78 is 83.1. The molecular formula is C48H60F3N9O13S. The Morgan fingerprint density at radius 1 is 0.946 bits per heavy atom. The van der Waals surface area contributed by atoms with Crippen molar-refractivity contribution in [3.05, 3.63) is 82.3 Å². The fraction of sp³-hybridized carbons (Fsp3) is 0.438. The normalized spacial score (nSPS) is 17.7. The van der Waals surface area contributed by atoms with Crippen molar-refractivity contribution in [2.45, 2.75) is 77.2 Å². The van der Waals surface area contributed by atoms with Gasteiger partial charge in [-0.05, 0) is 54.4 Å². The number of ketones is 2. The Kier molecular flexibility index (Phi) is 18.9. The van der Waals surface area contributed by atoms with Crippen LogP contribution in [0.3, 0.4) is 0 Å². The minimum Gasteiger partial charge on any atom is -0.504 e. The Bertz CT molecular complexity index is 2870. The van der Waals surface area contributed by atoms with Crippen LogP contribution in [0.4, 0.5) is 19.0 Å². The summed E-state index contributed by atoms with van der Waals surface area (Å²) in [6.07, 6.45) is -4.31. The van der Waals surface area contributed by atoms with Gasteiger partial charge in [0.05, 0.1) is 22.7 Å². The minimum absolute atomic E-state index is 0.0147. The number of nitrogens with zero attached hydrogens (tertiary/aromatic N) is 3. The molecule has 14 N–H and O–H groups in total. The third kappa shape index (κ3) is 13.9. The number of carboxylic acids is 1. The summed E-state index contributed by atoms with van der Waals surface area (Å²) >= 11 is 0. The molecule has 3 aromatic carbocycles. The van der Waals surface area contributed by atoms with Crippen molar-refractivity contribution in [3.63, 3.8) is 0 Å². The largest absolute Gasteiger partial charge is 0.504 e. The van der Waals surface area contributed by atoms with Crippen LogP contribution < -0.4 is 41.9 Å². The number of hydrogen-bond acceptors (Lipinski definition) is 17. The number of rotatable bonds is 20. The molecule has 0 unspecified atom stereocenters. The molecule has 1 aliphatic rings. The van der Waals surface area contributed by atoms with E-state index in [1.807, 2.05) is 4.72 Å². The number of halogens is 3. The van der Waals surface area contributed by atoms with Crippen LogP contribution in [0.25, 0.3) is 22.5 Å². The first-order valence-electron chi connectivity index (χ1n) is 23.1. The average Bonchev–Trinajstić information content (AvgIpc) is 3.32. The fourth-order valence-corrected chi connectivity index (χ4v) is 8.47. The van der Waals surface area contributed by atoms with Gasteiger partial charge in [0.25, 0.3) is 16.1 Å². The number of carbonyl (C=O) groups is 5. The van der Waals surface area contributed by atoms with Crippen molar-refractivity contribution in [1.29, 1.82) is 0 Å².